The molecule has 3 rings (SSSR count). The highest BCUT2D eigenvalue weighted by Gasteiger charge is 2.37. The van der Waals surface area contributed by atoms with E-state index in [9.17, 15) is 26.4 Å². The third-order valence-electron chi connectivity index (χ3n) is 3.98. The Morgan fingerprint density at radius 1 is 1.20 bits per heavy atom. The number of carbonyl (C=O) groups is 1. The number of pyridine rings is 2. The van der Waals surface area contributed by atoms with Crippen LogP contribution in [0.15, 0.2) is 41.6 Å². The van der Waals surface area contributed by atoms with E-state index in [2.05, 4.69) is 20.2 Å². The van der Waals surface area contributed by atoms with E-state index in [1.807, 2.05) is 0 Å². The zero-order valence-corrected chi connectivity index (χ0v) is 17.2. The average molecular weight is 457 g/mol. The maximum absolute atomic E-state index is 12.9. The molecule has 30 heavy (non-hydrogen) atoms. The van der Waals surface area contributed by atoms with E-state index in [0.717, 1.165) is 4.90 Å². The quantitative estimate of drug-likeness (QED) is 0.580. The molecule has 8 nitrogen and oxygen atoms in total. The minimum Gasteiger partial charge on any atom is -0.284 e. The highest BCUT2D eigenvalue weighted by atomic mass is 32.2. The number of anilines is 1. The summed E-state index contributed by atoms with van der Waals surface area (Å²) in [6, 6.07) is 6.31. The van der Waals surface area contributed by atoms with E-state index in [1.54, 1.807) is 18.2 Å². The monoisotopic (exact) mass is 457 g/mol. The van der Waals surface area contributed by atoms with Gasteiger partial charge in [0.15, 0.2) is 9.84 Å². The summed E-state index contributed by atoms with van der Waals surface area (Å²) in [5.74, 6) is -1.24. The number of aromatic nitrogens is 4. The van der Waals surface area contributed by atoms with E-state index in [0.29, 0.717) is 11.3 Å². The van der Waals surface area contributed by atoms with Crippen LogP contribution in [0.1, 0.15) is 22.4 Å². The van der Waals surface area contributed by atoms with Crippen molar-refractivity contribution in [3.05, 3.63) is 47.4 Å². The predicted octanol–water partition coefficient (Wildman–Crippen LogP) is 3.08. The molecule has 0 saturated heterocycles. The molecule has 0 aliphatic heterocycles. The molecular weight excluding hydrogens is 443 g/mol. The van der Waals surface area contributed by atoms with Crippen molar-refractivity contribution >= 4 is 32.2 Å². The van der Waals surface area contributed by atoms with Gasteiger partial charge in [-0.25, -0.2) is 13.4 Å². The van der Waals surface area contributed by atoms with Gasteiger partial charge in [-0.2, -0.15) is 13.2 Å². The minimum absolute atomic E-state index is 0.161. The molecule has 158 valence electrons. The molecule has 0 unspecified atom stereocenters. The van der Waals surface area contributed by atoms with Crippen molar-refractivity contribution in [1.29, 1.82) is 0 Å². The van der Waals surface area contributed by atoms with Crippen molar-refractivity contribution < 1.29 is 26.4 Å². The molecule has 0 radical (unpaired) electrons. The Morgan fingerprint density at radius 2 is 1.93 bits per heavy atom. The first-order valence-corrected chi connectivity index (χ1v) is 10.8. The summed E-state index contributed by atoms with van der Waals surface area (Å²) in [4.78, 5) is 21.4. The van der Waals surface area contributed by atoms with Crippen LogP contribution in [0.2, 0.25) is 0 Å². The van der Waals surface area contributed by atoms with Gasteiger partial charge in [-0.15, -0.1) is 10.2 Å². The maximum Gasteiger partial charge on any atom is 0.445 e. The summed E-state index contributed by atoms with van der Waals surface area (Å²) in [7, 11) is -2.72. The lowest BCUT2D eigenvalue weighted by atomic mass is 10.1. The first kappa shape index (κ1) is 21.8. The van der Waals surface area contributed by atoms with Crippen LogP contribution >= 0.6 is 11.3 Å². The lowest BCUT2D eigenvalue weighted by Gasteiger charge is -2.16. The molecule has 0 fully saturated rings. The van der Waals surface area contributed by atoms with Crippen LogP contribution in [0, 0.1) is 0 Å². The summed E-state index contributed by atoms with van der Waals surface area (Å²) in [5.41, 5.74) is 0.392. The molecule has 3 aromatic rings. The van der Waals surface area contributed by atoms with Gasteiger partial charge in [-0.05, 0) is 18.2 Å². The third-order valence-corrected chi connectivity index (χ3v) is 6.77. The number of nitrogens with zero attached hydrogens (tertiary/aromatic N) is 5. The van der Waals surface area contributed by atoms with Gasteiger partial charge in [0, 0.05) is 25.0 Å². The highest BCUT2D eigenvalue weighted by molar-refractivity contribution is 7.91. The van der Waals surface area contributed by atoms with Gasteiger partial charge in [0.05, 0.1) is 16.3 Å². The first-order valence-electron chi connectivity index (χ1n) is 8.37. The number of amides is 1. The molecule has 1 amide bonds. The predicted molar refractivity (Wildman–Crippen MR) is 103 cm³/mol. The summed E-state index contributed by atoms with van der Waals surface area (Å²) in [5, 5.41) is 4.83. The molecule has 0 atom stereocenters. The minimum atomic E-state index is -4.71. The second kappa shape index (κ2) is 8.07. The van der Waals surface area contributed by atoms with E-state index in [-0.39, 0.29) is 27.1 Å². The van der Waals surface area contributed by atoms with Crippen LogP contribution in [0.4, 0.5) is 18.3 Å². The number of carbonyl (C=O) groups excluding carboxylic acids is 1. The fourth-order valence-electron chi connectivity index (χ4n) is 2.38. The van der Waals surface area contributed by atoms with Crippen molar-refractivity contribution in [1.82, 2.24) is 20.2 Å². The third kappa shape index (κ3) is 4.31. The zero-order valence-electron chi connectivity index (χ0n) is 15.6. The Hall–Kier alpha value is -2.93. The Labute approximate surface area is 173 Å². The number of hydrogen-bond donors (Lipinski definition) is 0. The lowest BCUT2D eigenvalue weighted by Crippen LogP contribution is -2.29. The fourth-order valence-corrected chi connectivity index (χ4v) is 4.11. The molecule has 0 aliphatic rings. The SMILES string of the molecule is CCS(=O)(=O)c1cc(-c2ccccn2)cnc1C(=O)N(C)c1nnc(C(F)(F)F)s1. The number of rotatable bonds is 5. The highest BCUT2D eigenvalue weighted by Crippen LogP contribution is 2.34. The summed E-state index contributed by atoms with van der Waals surface area (Å²) >= 11 is 0.161. The Kier molecular flexibility index (Phi) is 5.85. The largest absolute Gasteiger partial charge is 0.445 e. The second-order valence-corrected chi connectivity index (χ2v) is 9.14. The van der Waals surface area contributed by atoms with Crippen LogP contribution in [0.3, 0.4) is 0 Å². The van der Waals surface area contributed by atoms with Gasteiger partial charge in [-0.3, -0.25) is 14.7 Å². The second-order valence-electron chi connectivity index (χ2n) is 5.94. The molecule has 3 heterocycles. The van der Waals surface area contributed by atoms with Gasteiger partial charge >= 0.3 is 6.18 Å². The van der Waals surface area contributed by atoms with E-state index < -0.39 is 32.6 Å². The number of hydrogen-bond acceptors (Lipinski definition) is 8. The van der Waals surface area contributed by atoms with Crippen LogP contribution in [0.25, 0.3) is 11.3 Å². The summed E-state index contributed by atoms with van der Waals surface area (Å²) in [6.45, 7) is 1.40. The zero-order chi connectivity index (χ0) is 22.1. The van der Waals surface area contributed by atoms with Crippen molar-refractivity contribution in [2.45, 2.75) is 18.0 Å². The number of halogens is 3. The molecule has 0 N–H and O–H groups in total. The molecular formula is C17H14F3N5O3S2. The molecule has 0 aliphatic carbocycles. The molecule has 0 saturated carbocycles. The molecule has 0 aromatic carbocycles. The molecule has 3 aromatic heterocycles. The van der Waals surface area contributed by atoms with Gasteiger partial charge < -0.3 is 0 Å². The smallest absolute Gasteiger partial charge is 0.284 e. The van der Waals surface area contributed by atoms with E-state index in [4.69, 9.17) is 0 Å². The Bertz CT molecular complexity index is 1180. The molecule has 13 heteroatoms. The maximum atomic E-state index is 12.9. The lowest BCUT2D eigenvalue weighted by molar-refractivity contribution is -0.138. The van der Waals surface area contributed by atoms with Gasteiger partial charge in [-0.1, -0.05) is 24.3 Å². The van der Waals surface area contributed by atoms with Gasteiger partial charge in [0.1, 0.15) is 5.69 Å². The normalized spacial score (nSPS) is 12.0. The average Bonchev–Trinajstić information content (AvgIpc) is 3.24. The van der Waals surface area contributed by atoms with Crippen molar-refractivity contribution in [3.8, 4) is 11.3 Å². The van der Waals surface area contributed by atoms with Crippen molar-refractivity contribution in [3.63, 3.8) is 0 Å². The molecule has 0 bridgehead atoms. The van der Waals surface area contributed by atoms with Gasteiger partial charge in [0.25, 0.3) is 5.91 Å². The topological polar surface area (TPSA) is 106 Å². The number of alkyl halides is 3. The van der Waals surface area contributed by atoms with Crippen LogP contribution in [-0.2, 0) is 16.0 Å². The fraction of sp³-hybridized carbons (Fsp3) is 0.235. The van der Waals surface area contributed by atoms with Crippen LogP contribution in [0.5, 0.6) is 0 Å². The van der Waals surface area contributed by atoms with E-state index in [1.165, 1.54) is 32.4 Å². The standard InChI is InChI=1S/C17H14F3N5O3S2/c1-3-30(27,28)12-8-10(11-6-4-5-7-21-11)9-22-13(12)14(26)25(2)16-24-23-15(29-16)17(18,19)20/h4-9H,3H2,1-2H3. The van der Waals surface area contributed by atoms with Crippen LogP contribution in [-0.4, -0.2) is 47.3 Å². The Balaban J connectivity index is 2.06. The van der Waals surface area contributed by atoms with Crippen molar-refractivity contribution in [2.75, 3.05) is 17.7 Å². The number of sulfone groups is 1. The van der Waals surface area contributed by atoms with Crippen LogP contribution < -0.4 is 4.90 Å². The van der Waals surface area contributed by atoms with E-state index >= 15 is 0 Å². The summed E-state index contributed by atoms with van der Waals surface area (Å²) < 4.78 is 63.5. The summed E-state index contributed by atoms with van der Waals surface area (Å²) in [6.07, 6.45) is -1.91. The van der Waals surface area contributed by atoms with Gasteiger partial charge in [0.2, 0.25) is 10.1 Å². The Morgan fingerprint density at radius 3 is 2.50 bits per heavy atom. The molecule has 0 spiro atoms. The first-order chi connectivity index (χ1) is 14.0. The van der Waals surface area contributed by atoms with Crippen molar-refractivity contribution in [2.24, 2.45) is 0 Å².